The average molecular weight is 259 g/mol. The van der Waals surface area contributed by atoms with Crippen molar-refractivity contribution < 1.29 is 9.90 Å². The molecule has 0 fully saturated rings. The lowest BCUT2D eigenvalue weighted by atomic mass is 10.0. The number of aliphatic hydroxyl groups is 1. The van der Waals surface area contributed by atoms with Crippen molar-refractivity contribution in [3.05, 3.63) is 18.0 Å². The van der Waals surface area contributed by atoms with Gasteiger partial charge >= 0.3 is 0 Å². The van der Waals surface area contributed by atoms with Crippen molar-refractivity contribution in [2.45, 2.75) is 12.8 Å². The lowest BCUT2D eigenvalue weighted by molar-refractivity contribution is 0.0954. The third kappa shape index (κ3) is 2.68. The standard InChI is InChI=1S/C11H14BN5O2/c12-8-5-7(11(19)14-3-1-2-4-18)9-10(13)15-6-16-17(8)9/h5-6,18H,1-4H2,(H,14,19)(H2,13,15,16). The van der Waals surface area contributed by atoms with Crippen LogP contribution in [0.2, 0.25) is 0 Å². The van der Waals surface area contributed by atoms with Crippen molar-refractivity contribution in [2.24, 2.45) is 0 Å². The number of hydrogen-bond donors (Lipinski definition) is 3. The van der Waals surface area contributed by atoms with Crippen LogP contribution in [0.1, 0.15) is 23.2 Å². The molecule has 4 N–H and O–H groups in total. The lowest BCUT2D eigenvalue weighted by Gasteiger charge is -2.04. The van der Waals surface area contributed by atoms with E-state index in [1.54, 1.807) is 0 Å². The molecule has 0 aromatic carbocycles. The normalized spacial score (nSPS) is 10.8. The molecule has 7 nitrogen and oxygen atoms in total. The van der Waals surface area contributed by atoms with Gasteiger partial charge in [0.15, 0.2) is 5.82 Å². The molecule has 2 rings (SSSR count). The molecule has 2 radical (unpaired) electrons. The van der Waals surface area contributed by atoms with Crippen LogP contribution in [0.5, 0.6) is 0 Å². The van der Waals surface area contributed by atoms with Crippen LogP contribution >= 0.6 is 0 Å². The van der Waals surface area contributed by atoms with Crippen LogP contribution in [0.4, 0.5) is 5.82 Å². The van der Waals surface area contributed by atoms with Crippen molar-refractivity contribution >= 4 is 30.7 Å². The molecule has 19 heavy (non-hydrogen) atoms. The molecule has 0 saturated heterocycles. The molecule has 1 amide bonds. The predicted octanol–water partition coefficient (Wildman–Crippen LogP) is -1.39. The number of fused-ring (bicyclic) bond motifs is 1. The largest absolute Gasteiger partial charge is 0.396 e. The highest BCUT2D eigenvalue weighted by atomic mass is 16.2. The molecule has 0 saturated carbocycles. The molecule has 0 aliphatic heterocycles. The van der Waals surface area contributed by atoms with Crippen LogP contribution in [0.25, 0.3) is 5.52 Å². The Morgan fingerprint density at radius 3 is 3.05 bits per heavy atom. The SMILES string of the molecule is [B]c1cc(C(=O)NCCCCO)c2c(N)ncnn12. The van der Waals surface area contributed by atoms with Crippen molar-refractivity contribution in [3.63, 3.8) is 0 Å². The maximum Gasteiger partial charge on any atom is 0.253 e. The highest BCUT2D eigenvalue weighted by molar-refractivity contribution is 6.32. The third-order valence-electron chi connectivity index (χ3n) is 2.73. The number of anilines is 1. The fourth-order valence-electron chi connectivity index (χ4n) is 1.80. The first-order chi connectivity index (χ1) is 9.15. The summed E-state index contributed by atoms with van der Waals surface area (Å²) in [5.74, 6) is -0.0825. The second-order valence-electron chi connectivity index (χ2n) is 4.08. The molecule has 0 aliphatic carbocycles. The maximum absolute atomic E-state index is 12.0. The molecule has 0 aliphatic rings. The third-order valence-corrected chi connectivity index (χ3v) is 2.73. The van der Waals surface area contributed by atoms with Crippen LogP contribution in [0.3, 0.4) is 0 Å². The summed E-state index contributed by atoms with van der Waals surface area (Å²) in [6, 6.07) is 1.52. The minimum absolute atomic E-state index is 0.110. The molecular formula is C11H14BN5O2. The second kappa shape index (κ2) is 5.70. The second-order valence-corrected chi connectivity index (χ2v) is 4.08. The zero-order valence-corrected chi connectivity index (χ0v) is 10.3. The Labute approximate surface area is 111 Å². The number of amides is 1. The number of rotatable bonds is 5. The number of nitrogen functional groups attached to an aromatic ring is 1. The van der Waals surface area contributed by atoms with E-state index in [-0.39, 0.29) is 18.3 Å². The van der Waals surface area contributed by atoms with Gasteiger partial charge in [0.2, 0.25) is 0 Å². The Morgan fingerprint density at radius 1 is 1.53 bits per heavy atom. The van der Waals surface area contributed by atoms with Crippen molar-refractivity contribution in [3.8, 4) is 0 Å². The van der Waals surface area contributed by atoms with Gasteiger partial charge in [-0.05, 0) is 24.5 Å². The van der Waals surface area contributed by atoms with E-state index in [1.807, 2.05) is 0 Å². The Hall–Kier alpha value is -2.09. The van der Waals surface area contributed by atoms with Crippen LogP contribution in [-0.2, 0) is 0 Å². The van der Waals surface area contributed by atoms with E-state index in [2.05, 4.69) is 15.4 Å². The summed E-state index contributed by atoms with van der Waals surface area (Å²) in [4.78, 5) is 15.9. The molecule has 2 heterocycles. The number of nitrogens with two attached hydrogens (primary N) is 1. The number of aliphatic hydroxyl groups excluding tert-OH is 1. The number of nitrogens with one attached hydrogen (secondary N) is 1. The van der Waals surface area contributed by atoms with Crippen molar-refractivity contribution in [1.29, 1.82) is 0 Å². The fourth-order valence-corrected chi connectivity index (χ4v) is 1.80. The smallest absolute Gasteiger partial charge is 0.253 e. The van der Waals surface area contributed by atoms with E-state index in [9.17, 15) is 4.79 Å². The zero-order chi connectivity index (χ0) is 13.8. The Morgan fingerprint density at radius 2 is 2.32 bits per heavy atom. The quantitative estimate of drug-likeness (QED) is 0.452. The van der Waals surface area contributed by atoms with E-state index in [1.165, 1.54) is 16.9 Å². The van der Waals surface area contributed by atoms with Crippen LogP contribution in [0.15, 0.2) is 12.4 Å². The first-order valence-corrected chi connectivity index (χ1v) is 5.92. The van der Waals surface area contributed by atoms with Gasteiger partial charge in [-0.15, -0.1) is 0 Å². The fraction of sp³-hybridized carbons (Fsp3) is 0.364. The average Bonchev–Trinajstić information content (AvgIpc) is 2.74. The highest BCUT2D eigenvalue weighted by Crippen LogP contribution is 2.14. The molecular weight excluding hydrogens is 245 g/mol. The Balaban J connectivity index is 2.22. The number of hydrogen-bond acceptors (Lipinski definition) is 5. The molecule has 98 valence electrons. The molecule has 0 atom stereocenters. The monoisotopic (exact) mass is 259 g/mol. The lowest BCUT2D eigenvalue weighted by Crippen LogP contribution is -2.24. The van der Waals surface area contributed by atoms with Gasteiger partial charge in [-0.2, -0.15) is 5.10 Å². The summed E-state index contributed by atoms with van der Waals surface area (Å²) in [5.41, 5.74) is 6.82. The number of nitrogens with zero attached hydrogens (tertiary/aromatic N) is 3. The number of aromatic nitrogens is 3. The summed E-state index contributed by atoms with van der Waals surface area (Å²) in [7, 11) is 5.76. The van der Waals surface area contributed by atoms with E-state index in [4.69, 9.17) is 18.7 Å². The van der Waals surface area contributed by atoms with Gasteiger partial charge in [0.05, 0.1) is 5.56 Å². The number of carbonyl (C=O) groups excluding carboxylic acids is 1. The maximum atomic E-state index is 12.0. The van der Waals surface area contributed by atoms with E-state index in [0.29, 0.717) is 36.1 Å². The molecule has 2 aromatic heterocycles. The minimum atomic E-state index is -0.284. The van der Waals surface area contributed by atoms with E-state index >= 15 is 0 Å². The van der Waals surface area contributed by atoms with Crippen molar-refractivity contribution in [1.82, 2.24) is 19.9 Å². The first kappa shape index (κ1) is 13.3. The van der Waals surface area contributed by atoms with Crippen molar-refractivity contribution in [2.75, 3.05) is 18.9 Å². The summed E-state index contributed by atoms with van der Waals surface area (Å²) in [5, 5.41) is 15.3. The minimum Gasteiger partial charge on any atom is -0.396 e. The zero-order valence-electron chi connectivity index (χ0n) is 10.3. The van der Waals surface area contributed by atoms with Crippen LogP contribution in [0, 0.1) is 0 Å². The van der Waals surface area contributed by atoms with E-state index < -0.39 is 0 Å². The Kier molecular flexibility index (Phi) is 4.01. The molecule has 0 bridgehead atoms. The highest BCUT2D eigenvalue weighted by Gasteiger charge is 2.16. The Bertz CT molecular complexity index is 598. The number of unbranched alkanes of at least 4 members (excludes halogenated alkanes) is 1. The van der Waals surface area contributed by atoms with Gasteiger partial charge in [-0.25, -0.2) is 9.50 Å². The van der Waals surface area contributed by atoms with Gasteiger partial charge in [-0.3, -0.25) is 4.79 Å². The molecule has 0 unspecified atom stereocenters. The van der Waals surface area contributed by atoms with Gasteiger partial charge in [0.25, 0.3) is 5.91 Å². The molecule has 2 aromatic rings. The summed E-state index contributed by atoms with van der Waals surface area (Å²) in [6.45, 7) is 0.586. The topological polar surface area (TPSA) is 106 Å². The van der Waals surface area contributed by atoms with E-state index in [0.717, 1.165) is 0 Å². The van der Waals surface area contributed by atoms with Gasteiger partial charge in [0, 0.05) is 13.2 Å². The van der Waals surface area contributed by atoms with Crippen LogP contribution < -0.4 is 16.6 Å². The first-order valence-electron chi connectivity index (χ1n) is 5.92. The molecule has 0 spiro atoms. The summed E-state index contributed by atoms with van der Waals surface area (Å²) in [6.07, 6.45) is 2.63. The van der Waals surface area contributed by atoms with Gasteiger partial charge in [-0.1, -0.05) is 0 Å². The van der Waals surface area contributed by atoms with Crippen LogP contribution in [-0.4, -0.2) is 46.6 Å². The molecule has 8 heteroatoms. The predicted molar refractivity (Wildman–Crippen MR) is 71.4 cm³/mol. The number of carbonyl (C=O) groups is 1. The summed E-state index contributed by atoms with van der Waals surface area (Å²) < 4.78 is 1.38. The summed E-state index contributed by atoms with van der Waals surface area (Å²) >= 11 is 0. The van der Waals surface area contributed by atoms with Gasteiger partial charge in [0.1, 0.15) is 19.7 Å². The van der Waals surface area contributed by atoms with Gasteiger partial charge < -0.3 is 16.2 Å².